The van der Waals surface area contributed by atoms with Gasteiger partial charge in [0.05, 0.1) is 6.10 Å². The number of aliphatic hydroxyl groups is 1. The van der Waals surface area contributed by atoms with E-state index in [1.807, 2.05) is 0 Å². The average Bonchev–Trinajstić information content (AvgIpc) is 2.01. The number of aryl methyl sites for hydroxylation is 1. The van der Waals surface area contributed by atoms with Crippen LogP contribution in [0.1, 0.15) is 17.4 Å². The molecule has 0 aliphatic rings. The van der Waals surface area contributed by atoms with E-state index in [2.05, 4.69) is 16.6 Å². The SMILES string of the molecule is [CH2]C(O)c1ccc(C)nc1OC(F)F. The molecule has 0 aromatic carbocycles. The highest BCUT2D eigenvalue weighted by molar-refractivity contribution is 5.30. The highest BCUT2D eigenvalue weighted by Crippen LogP contribution is 2.24. The maximum absolute atomic E-state index is 11.9. The Hall–Kier alpha value is -1.23. The van der Waals surface area contributed by atoms with E-state index >= 15 is 0 Å². The van der Waals surface area contributed by atoms with Crippen LogP contribution < -0.4 is 4.74 Å². The molecule has 0 saturated heterocycles. The van der Waals surface area contributed by atoms with Crippen molar-refractivity contribution in [3.05, 3.63) is 30.3 Å². The Morgan fingerprint density at radius 3 is 2.64 bits per heavy atom. The Morgan fingerprint density at radius 1 is 1.50 bits per heavy atom. The van der Waals surface area contributed by atoms with Crippen LogP contribution in [0.15, 0.2) is 12.1 Å². The normalized spacial score (nSPS) is 13.0. The number of pyridine rings is 1. The van der Waals surface area contributed by atoms with Crippen LogP contribution in [-0.2, 0) is 0 Å². The van der Waals surface area contributed by atoms with Crippen molar-refractivity contribution in [3.63, 3.8) is 0 Å². The number of aliphatic hydroxyl groups excluding tert-OH is 1. The summed E-state index contributed by atoms with van der Waals surface area (Å²) in [5.41, 5.74) is 0.681. The predicted molar refractivity (Wildman–Crippen MR) is 45.9 cm³/mol. The largest absolute Gasteiger partial charge is 0.417 e. The van der Waals surface area contributed by atoms with Crippen LogP contribution in [-0.4, -0.2) is 16.7 Å². The van der Waals surface area contributed by atoms with Gasteiger partial charge in [0, 0.05) is 11.3 Å². The highest BCUT2D eigenvalue weighted by atomic mass is 19.3. The van der Waals surface area contributed by atoms with Crippen molar-refractivity contribution in [3.8, 4) is 5.88 Å². The number of hydrogen-bond acceptors (Lipinski definition) is 3. The zero-order chi connectivity index (χ0) is 10.7. The Morgan fingerprint density at radius 2 is 2.14 bits per heavy atom. The highest BCUT2D eigenvalue weighted by Gasteiger charge is 2.14. The molecule has 3 nitrogen and oxygen atoms in total. The van der Waals surface area contributed by atoms with E-state index in [4.69, 9.17) is 5.11 Å². The lowest BCUT2D eigenvalue weighted by Gasteiger charge is -2.11. The maximum atomic E-state index is 11.9. The van der Waals surface area contributed by atoms with Crippen LogP contribution in [0.4, 0.5) is 8.78 Å². The second kappa shape index (κ2) is 4.32. The van der Waals surface area contributed by atoms with E-state index in [-0.39, 0.29) is 11.4 Å². The molecule has 1 atom stereocenters. The summed E-state index contributed by atoms with van der Waals surface area (Å²) in [4.78, 5) is 3.73. The molecule has 1 heterocycles. The minimum absolute atomic E-state index is 0.149. The van der Waals surface area contributed by atoms with Crippen LogP contribution >= 0.6 is 0 Å². The summed E-state index contributed by atoms with van der Waals surface area (Å²) < 4.78 is 28.0. The lowest BCUT2D eigenvalue weighted by Crippen LogP contribution is -2.08. The van der Waals surface area contributed by atoms with Crippen LogP contribution in [0.3, 0.4) is 0 Å². The third kappa shape index (κ3) is 2.63. The van der Waals surface area contributed by atoms with Gasteiger partial charge in [0.2, 0.25) is 5.88 Å². The molecule has 77 valence electrons. The smallest absolute Gasteiger partial charge is 0.388 e. The quantitative estimate of drug-likeness (QED) is 0.813. The predicted octanol–water partition coefficient (Wildman–Crippen LogP) is 1.86. The minimum atomic E-state index is -2.96. The number of ether oxygens (including phenoxy) is 1. The van der Waals surface area contributed by atoms with E-state index in [1.165, 1.54) is 6.07 Å². The summed E-state index contributed by atoms with van der Waals surface area (Å²) in [6.45, 7) is 1.98. The van der Waals surface area contributed by atoms with Gasteiger partial charge in [-0.2, -0.15) is 8.78 Å². The monoisotopic (exact) mass is 202 g/mol. The van der Waals surface area contributed by atoms with Crippen molar-refractivity contribution in [2.24, 2.45) is 0 Å². The number of halogens is 2. The third-order valence-electron chi connectivity index (χ3n) is 1.59. The fraction of sp³-hybridized carbons (Fsp3) is 0.333. The first-order valence-electron chi connectivity index (χ1n) is 3.94. The molecule has 1 radical (unpaired) electrons. The molecular weight excluding hydrogens is 192 g/mol. The first kappa shape index (κ1) is 10.8. The first-order valence-corrected chi connectivity index (χ1v) is 3.94. The van der Waals surface area contributed by atoms with Gasteiger partial charge < -0.3 is 9.84 Å². The zero-order valence-electron chi connectivity index (χ0n) is 7.58. The second-order valence-electron chi connectivity index (χ2n) is 2.74. The van der Waals surface area contributed by atoms with Gasteiger partial charge >= 0.3 is 6.61 Å². The maximum Gasteiger partial charge on any atom is 0.388 e. The third-order valence-corrected chi connectivity index (χ3v) is 1.59. The number of alkyl halides is 2. The molecule has 1 N–H and O–H groups in total. The summed E-state index contributed by atoms with van der Waals surface area (Å²) in [7, 11) is 0. The Balaban J connectivity index is 3.03. The Bertz CT molecular complexity index is 316. The van der Waals surface area contributed by atoms with Crippen molar-refractivity contribution >= 4 is 0 Å². The summed E-state index contributed by atoms with van der Waals surface area (Å²) >= 11 is 0. The van der Waals surface area contributed by atoms with E-state index in [0.717, 1.165) is 0 Å². The fourth-order valence-corrected chi connectivity index (χ4v) is 0.976. The first-order chi connectivity index (χ1) is 6.50. The number of hydrogen-bond donors (Lipinski definition) is 1. The van der Waals surface area contributed by atoms with Gasteiger partial charge in [-0.1, -0.05) is 0 Å². The lowest BCUT2D eigenvalue weighted by molar-refractivity contribution is -0.0544. The summed E-state index contributed by atoms with van der Waals surface area (Å²) in [6, 6.07) is 3.04. The van der Waals surface area contributed by atoms with Crippen molar-refractivity contribution in [1.29, 1.82) is 0 Å². The van der Waals surface area contributed by atoms with E-state index < -0.39 is 12.7 Å². The van der Waals surface area contributed by atoms with Crippen molar-refractivity contribution in [2.75, 3.05) is 0 Å². The molecule has 0 spiro atoms. The van der Waals surface area contributed by atoms with Gasteiger partial charge in [0.1, 0.15) is 0 Å². The topological polar surface area (TPSA) is 42.4 Å². The number of nitrogens with zero attached hydrogens (tertiary/aromatic N) is 1. The Kier molecular flexibility index (Phi) is 3.35. The molecular formula is C9H10F2NO2. The molecule has 14 heavy (non-hydrogen) atoms. The molecule has 0 fully saturated rings. The van der Waals surface area contributed by atoms with E-state index in [0.29, 0.717) is 5.69 Å². The van der Waals surface area contributed by atoms with Crippen molar-refractivity contribution < 1.29 is 18.6 Å². The number of aromatic nitrogens is 1. The van der Waals surface area contributed by atoms with Gasteiger partial charge in [-0.05, 0) is 26.0 Å². The second-order valence-corrected chi connectivity index (χ2v) is 2.74. The van der Waals surface area contributed by atoms with Crippen LogP contribution in [0, 0.1) is 13.8 Å². The fourth-order valence-electron chi connectivity index (χ4n) is 0.976. The molecule has 1 aromatic heterocycles. The van der Waals surface area contributed by atoms with Gasteiger partial charge in [0.25, 0.3) is 0 Å². The van der Waals surface area contributed by atoms with Crippen LogP contribution in [0.25, 0.3) is 0 Å². The standard InChI is InChI=1S/C9H10F2NO2/c1-5-3-4-7(6(2)13)8(12-5)14-9(10)11/h3-4,6,9,13H,2H2,1H3. The zero-order valence-corrected chi connectivity index (χ0v) is 7.58. The molecule has 0 bridgehead atoms. The van der Waals surface area contributed by atoms with Gasteiger partial charge in [-0.25, -0.2) is 4.98 Å². The lowest BCUT2D eigenvalue weighted by atomic mass is 10.1. The molecule has 1 unspecified atom stereocenters. The van der Waals surface area contributed by atoms with Crippen LogP contribution in [0.2, 0.25) is 0 Å². The average molecular weight is 202 g/mol. The molecule has 0 saturated carbocycles. The molecule has 5 heteroatoms. The number of rotatable bonds is 3. The van der Waals surface area contributed by atoms with Crippen molar-refractivity contribution in [1.82, 2.24) is 4.98 Å². The molecule has 0 aliphatic heterocycles. The molecule has 1 rings (SSSR count). The molecule has 0 amide bonds. The van der Waals surface area contributed by atoms with Crippen molar-refractivity contribution in [2.45, 2.75) is 19.6 Å². The van der Waals surface area contributed by atoms with Crippen LogP contribution in [0.5, 0.6) is 5.88 Å². The minimum Gasteiger partial charge on any atom is -0.417 e. The summed E-state index contributed by atoms with van der Waals surface area (Å²) in [5.74, 6) is -0.275. The van der Waals surface area contributed by atoms with E-state index in [9.17, 15) is 8.78 Å². The van der Waals surface area contributed by atoms with Gasteiger partial charge in [-0.15, -0.1) is 0 Å². The summed E-state index contributed by atoms with van der Waals surface area (Å²) in [6.07, 6.45) is -1.13. The van der Waals surface area contributed by atoms with Gasteiger partial charge in [-0.3, -0.25) is 0 Å². The molecule has 1 aromatic rings. The summed E-state index contributed by atoms with van der Waals surface area (Å²) in [5, 5.41) is 9.13. The molecule has 0 aliphatic carbocycles. The van der Waals surface area contributed by atoms with Gasteiger partial charge in [0.15, 0.2) is 0 Å². The Labute approximate surface area is 80.3 Å². The van der Waals surface area contributed by atoms with E-state index in [1.54, 1.807) is 13.0 Å².